The second kappa shape index (κ2) is 42.0. The van der Waals surface area contributed by atoms with Crippen LogP contribution >= 0.6 is 7.82 Å². The molecule has 0 amide bonds. The zero-order valence-electron chi connectivity index (χ0n) is 35.8. The number of phosphoric acid groups is 1. The van der Waals surface area contributed by atoms with Gasteiger partial charge < -0.3 is 25.2 Å². The Morgan fingerprint density at radius 1 is 0.586 bits per heavy atom. The molecule has 0 aliphatic heterocycles. The van der Waals surface area contributed by atoms with Crippen LogP contribution in [0.15, 0.2) is 97.2 Å². The smallest absolute Gasteiger partial charge is 0.462 e. The molecule has 0 rings (SSSR count). The van der Waals surface area contributed by atoms with Crippen LogP contribution in [0.1, 0.15) is 149 Å². The first kappa shape index (κ1) is 54.9. The van der Waals surface area contributed by atoms with Crippen LogP contribution in [0.4, 0.5) is 0 Å². The number of hydrogen-bond donors (Lipinski definition) is 3. The Hall–Kier alpha value is -3.11. The van der Waals surface area contributed by atoms with Gasteiger partial charge in [0.15, 0.2) is 6.10 Å². The van der Waals surface area contributed by atoms with Crippen LogP contribution < -0.4 is 5.73 Å². The van der Waals surface area contributed by atoms with E-state index in [1.165, 1.54) is 25.7 Å². The highest BCUT2D eigenvalue weighted by molar-refractivity contribution is 7.47. The summed E-state index contributed by atoms with van der Waals surface area (Å²) in [5, 5.41) is 9.56. The van der Waals surface area contributed by atoms with Gasteiger partial charge in [0.2, 0.25) is 0 Å². The van der Waals surface area contributed by atoms with Gasteiger partial charge in [0.05, 0.1) is 19.3 Å². The van der Waals surface area contributed by atoms with Crippen molar-refractivity contribution in [2.24, 2.45) is 5.73 Å². The van der Waals surface area contributed by atoms with Gasteiger partial charge in [0, 0.05) is 19.4 Å². The molecule has 11 heteroatoms. The molecule has 58 heavy (non-hydrogen) atoms. The van der Waals surface area contributed by atoms with Crippen molar-refractivity contribution in [1.29, 1.82) is 0 Å². The fraction of sp³-hybridized carbons (Fsp3) is 0.617. The Kier molecular flexibility index (Phi) is 39.8. The van der Waals surface area contributed by atoms with Gasteiger partial charge in [-0.15, -0.1) is 0 Å². The summed E-state index contributed by atoms with van der Waals surface area (Å²) >= 11 is 0. The molecule has 0 radical (unpaired) electrons. The Morgan fingerprint density at radius 2 is 1.05 bits per heavy atom. The van der Waals surface area contributed by atoms with Gasteiger partial charge in [0.1, 0.15) is 6.61 Å². The minimum Gasteiger partial charge on any atom is -0.462 e. The summed E-state index contributed by atoms with van der Waals surface area (Å²) in [5.74, 6) is -0.960. The Bertz CT molecular complexity index is 1280. The van der Waals surface area contributed by atoms with Gasteiger partial charge in [0.25, 0.3) is 0 Å². The predicted molar refractivity (Wildman–Crippen MR) is 239 cm³/mol. The van der Waals surface area contributed by atoms with Crippen molar-refractivity contribution in [2.75, 3.05) is 26.4 Å². The highest BCUT2D eigenvalue weighted by Gasteiger charge is 2.25. The molecule has 0 aromatic rings. The van der Waals surface area contributed by atoms with Crippen LogP contribution in [0.2, 0.25) is 0 Å². The number of hydrogen-bond acceptors (Lipinski definition) is 9. The summed E-state index contributed by atoms with van der Waals surface area (Å²) < 4.78 is 32.7. The van der Waals surface area contributed by atoms with E-state index in [1.54, 1.807) is 0 Å². The van der Waals surface area contributed by atoms with Crippen LogP contribution in [0.3, 0.4) is 0 Å². The van der Waals surface area contributed by atoms with Crippen molar-refractivity contribution in [3.05, 3.63) is 97.2 Å². The first-order valence-electron chi connectivity index (χ1n) is 21.8. The van der Waals surface area contributed by atoms with Crippen LogP contribution in [0.5, 0.6) is 0 Å². The minimum atomic E-state index is -4.41. The molecule has 330 valence electrons. The second-order valence-electron chi connectivity index (χ2n) is 14.0. The maximum absolute atomic E-state index is 12.6. The molecule has 0 spiro atoms. The average Bonchev–Trinajstić information content (AvgIpc) is 3.21. The quantitative estimate of drug-likeness (QED) is 0.0236. The van der Waals surface area contributed by atoms with Crippen LogP contribution in [-0.4, -0.2) is 60.5 Å². The topological polar surface area (TPSA) is 155 Å². The molecule has 3 atom stereocenters. The molecule has 0 aliphatic rings. The normalized spacial score (nSPS) is 14.8. The van der Waals surface area contributed by atoms with Crippen molar-refractivity contribution >= 4 is 19.8 Å². The summed E-state index contributed by atoms with van der Waals surface area (Å²) in [6, 6.07) is 0. The van der Waals surface area contributed by atoms with Gasteiger partial charge in [-0.2, -0.15) is 0 Å². The standard InChI is InChI=1S/C47H78NO9P/c1-3-5-6-7-8-9-10-11-12-13-14-15-16-21-24-27-30-33-36-39-47(51)57-45(43-56-58(52,53)55-41-40-48)42-54-46(50)38-35-32-29-26-23-20-18-17-19-22-25-28-31-34-37-44(49)4-2/h8-9,11-12,14-15,18-22,24,26,28-29,31,44-45,49H,3-7,10,13,16-17,23,25,27,30,32-43,48H2,1-2H3,(H,52,53)/b9-8-,12-11-,15-14-,20-18-,22-19-,24-21-,29-26-,31-28-/t44-,45+/m0/s1. The lowest BCUT2D eigenvalue weighted by Gasteiger charge is -2.19. The summed E-state index contributed by atoms with van der Waals surface area (Å²) in [5.41, 5.74) is 5.34. The number of ether oxygens (including phenoxy) is 2. The first-order valence-corrected chi connectivity index (χ1v) is 23.3. The maximum atomic E-state index is 12.6. The number of esters is 2. The van der Waals surface area contributed by atoms with Crippen LogP contribution in [0, 0.1) is 0 Å². The van der Waals surface area contributed by atoms with Gasteiger partial charge >= 0.3 is 19.8 Å². The molecular weight excluding hydrogens is 753 g/mol. The van der Waals surface area contributed by atoms with Crippen molar-refractivity contribution in [2.45, 2.75) is 161 Å². The maximum Gasteiger partial charge on any atom is 0.472 e. The summed E-state index contributed by atoms with van der Waals surface area (Å²) in [6.45, 7) is 3.28. The number of unbranched alkanes of at least 4 members (excludes halogenated alkanes) is 7. The van der Waals surface area contributed by atoms with E-state index in [2.05, 4.69) is 98.1 Å². The SMILES string of the molecule is CCCCC/C=C\C/C=C\C/C=C\C/C=C\CCCCCC(=O)O[C@H](COC(=O)CCC/C=C\C/C=C\C/C=C\C/C=C\CC[C@@H](O)CC)COP(=O)(O)OCCN. The third kappa shape index (κ3) is 41.1. The lowest BCUT2D eigenvalue weighted by molar-refractivity contribution is -0.161. The van der Waals surface area contributed by atoms with E-state index < -0.39 is 32.5 Å². The third-order valence-electron chi connectivity index (χ3n) is 8.61. The lowest BCUT2D eigenvalue weighted by Crippen LogP contribution is -2.29. The van der Waals surface area contributed by atoms with Crippen molar-refractivity contribution in [3.63, 3.8) is 0 Å². The van der Waals surface area contributed by atoms with E-state index in [0.29, 0.717) is 19.3 Å². The molecule has 0 aliphatic carbocycles. The van der Waals surface area contributed by atoms with Gasteiger partial charge in [-0.1, -0.05) is 130 Å². The van der Waals surface area contributed by atoms with Crippen molar-refractivity contribution in [1.82, 2.24) is 0 Å². The molecule has 0 aromatic carbocycles. The number of nitrogens with two attached hydrogens (primary N) is 1. The number of rotatable bonds is 39. The number of aliphatic hydroxyl groups excluding tert-OH is 1. The lowest BCUT2D eigenvalue weighted by atomic mass is 10.1. The Labute approximate surface area is 351 Å². The van der Waals surface area contributed by atoms with E-state index in [1.807, 2.05) is 13.0 Å². The predicted octanol–water partition coefficient (Wildman–Crippen LogP) is 11.6. The molecule has 0 bridgehead atoms. The molecule has 0 saturated carbocycles. The molecule has 0 saturated heterocycles. The van der Waals surface area contributed by atoms with E-state index in [-0.39, 0.29) is 38.7 Å². The highest BCUT2D eigenvalue weighted by atomic mass is 31.2. The highest BCUT2D eigenvalue weighted by Crippen LogP contribution is 2.43. The van der Waals surface area contributed by atoms with Gasteiger partial charge in [-0.3, -0.25) is 18.6 Å². The molecule has 0 aromatic heterocycles. The molecule has 0 fully saturated rings. The fourth-order valence-corrected chi connectivity index (χ4v) is 5.94. The number of aliphatic hydroxyl groups is 1. The van der Waals surface area contributed by atoms with Crippen molar-refractivity contribution in [3.8, 4) is 0 Å². The third-order valence-corrected chi connectivity index (χ3v) is 9.59. The van der Waals surface area contributed by atoms with E-state index in [0.717, 1.165) is 77.0 Å². The number of allylic oxidation sites excluding steroid dienone is 16. The number of carbonyl (C=O) groups excluding carboxylic acids is 2. The molecule has 0 heterocycles. The van der Waals surface area contributed by atoms with E-state index >= 15 is 0 Å². The number of carbonyl (C=O) groups is 2. The van der Waals surface area contributed by atoms with Crippen molar-refractivity contribution < 1.29 is 42.7 Å². The summed E-state index contributed by atoms with van der Waals surface area (Å²) in [4.78, 5) is 34.9. The van der Waals surface area contributed by atoms with Gasteiger partial charge in [-0.05, 0) is 103 Å². The molecule has 4 N–H and O–H groups in total. The first-order chi connectivity index (χ1) is 28.2. The zero-order valence-corrected chi connectivity index (χ0v) is 36.7. The Balaban J connectivity index is 4.35. The zero-order chi connectivity index (χ0) is 42.6. The molecule has 1 unspecified atom stereocenters. The molecule has 10 nitrogen and oxygen atoms in total. The largest absolute Gasteiger partial charge is 0.472 e. The van der Waals surface area contributed by atoms with Crippen LogP contribution in [0.25, 0.3) is 0 Å². The second-order valence-corrected chi connectivity index (χ2v) is 15.4. The van der Waals surface area contributed by atoms with Crippen LogP contribution in [-0.2, 0) is 32.7 Å². The van der Waals surface area contributed by atoms with Gasteiger partial charge in [-0.25, -0.2) is 4.57 Å². The monoisotopic (exact) mass is 832 g/mol. The van der Waals surface area contributed by atoms with E-state index in [9.17, 15) is 24.2 Å². The fourth-order valence-electron chi connectivity index (χ4n) is 5.18. The summed E-state index contributed by atoms with van der Waals surface area (Å²) in [6.07, 6.45) is 51.0. The Morgan fingerprint density at radius 3 is 1.55 bits per heavy atom. The molecular formula is C47H78NO9P. The number of phosphoric ester groups is 1. The van der Waals surface area contributed by atoms with E-state index in [4.69, 9.17) is 24.3 Å². The minimum absolute atomic E-state index is 0.0296. The average molecular weight is 832 g/mol. The summed E-state index contributed by atoms with van der Waals surface area (Å²) in [7, 11) is -4.41.